The summed E-state index contributed by atoms with van der Waals surface area (Å²) in [5.41, 5.74) is 8.74. The zero-order valence-corrected chi connectivity index (χ0v) is 15.6. The van der Waals surface area contributed by atoms with Crippen LogP contribution in [0, 0.1) is 0 Å². The van der Waals surface area contributed by atoms with Gasteiger partial charge in [0.05, 0.1) is 16.9 Å². The summed E-state index contributed by atoms with van der Waals surface area (Å²) in [7, 11) is 0. The first kappa shape index (κ1) is 18.1. The summed E-state index contributed by atoms with van der Waals surface area (Å²) in [6, 6.07) is 12.8. The summed E-state index contributed by atoms with van der Waals surface area (Å²) in [5, 5.41) is 2.97. The van der Waals surface area contributed by atoms with Crippen LogP contribution >= 0.6 is 0 Å². The van der Waals surface area contributed by atoms with Gasteiger partial charge in [-0.2, -0.15) is 0 Å². The Hall–Kier alpha value is -3.28. The summed E-state index contributed by atoms with van der Waals surface area (Å²) < 4.78 is 5.69. The predicted molar refractivity (Wildman–Crippen MR) is 110 cm³/mol. The number of hydrogen-bond acceptors (Lipinski definition) is 4. The van der Waals surface area contributed by atoms with Gasteiger partial charge in [-0.05, 0) is 49.6 Å². The third-order valence-corrected chi connectivity index (χ3v) is 5.15. The molecule has 0 unspecified atom stereocenters. The van der Waals surface area contributed by atoms with Gasteiger partial charge in [0.1, 0.15) is 12.4 Å². The monoisotopic (exact) mass is 377 g/mol. The number of primary amides is 1. The van der Waals surface area contributed by atoms with Crippen LogP contribution in [0.2, 0.25) is 0 Å². The molecular formula is C22H23N3O3. The highest BCUT2D eigenvalue weighted by atomic mass is 16.5. The Morgan fingerprint density at radius 2 is 1.82 bits per heavy atom. The van der Waals surface area contributed by atoms with E-state index in [1.165, 1.54) is 6.42 Å². The van der Waals surface area contributed by atoms with Gasteiger partial charge in [0, 0.05) is 24.2 Å². The molecule has 2 amide bonds. The molecule has 28 heavy (non-hydrogen) atoms. The molecule has 0 radical (unpaired) electrons. The molecule has 2 aliphatic heterocycles. The quantitative estimate of drug-likeness (QED) is 0.857. The van der Waals surface area contributed by atoms with E-state index in [-0.39, 0.29) is 12.5 Å². The van der Waals surface area contributed by atoms with Gasteiger partial charge in [0.2, 0.25) is 5.91 Å². The number of anilines is 2. The van der Waals surface area contributed by atoms with Gasteiger partial charge < -0.3 is 20.7 Å². The lowest BCUT2D eigenvalue weighted by atomic mass is 10.1. The van der Waals surface area contributed by atoms with E-state index < -0.39 is 5.91 Å². The van der Waals surface area contributed by atoms with Crippen molar-refractivity contribution in [1.29, 1.82) is 0 Å². The number of nitrogens with one attached hydrogen (secondary N) is 1. The molecule has 6 heteroatoms. The number of nitrogens with zero attached hydrogens (tertiary/aromatic N) is 1. The summed E-state index contributed by atoms with van der Waals surface area (Å²) in [6.45, 7) is 2.06. The van der Waals surface area contributed by atoms with Crippen LogP contribution < -0.4 is 20.7 Å². The number of piperidine rings is 1. The number of hydrogen-bond donors (Lipinski definition) is 2. The molecule has 0 aliphatic carbocycles. The number of para-hydroxylation sites is 1. The Kier molecular flexibility index (Phi) is 5.02. The maximum Gasteiger partial charge on any atom is 0.255 e. The summed E-state index contributed by atoms with van der Waals surface area (Å²) in [4.78, 5) is 26.8. The standard InChI is InChI=1S/C22H23N3O3/c23-21(26)16-8-9-19(25-10-4-1-5-11-25)18(13-16)24-22(27)17-12-15-6-2-3-7-20(15)28-14-17/h2-3,6-9,12-13H,1,4-5,10-11,14H2,(H2,23,26)(H,24,27). The zero-order valence-electron chi connectivity index (χ0n) is 15.6. The minimum atomic E-state index is -0.519. The molecule has 0 aromatic heterocycles. The van der Waals surface area contributed by atoms with Crippen molar-refractivity contribution in [3.8, 4) is 5.75 Å². The molecule has 144 valence electrons. The Balaban J connectivity index is 1.62. The third kappa shape index (κ3) is 3.71. The predicted octanol–water partition coefficient (Wildman–Crippen LogP) is 3.19. The lowest BCUT2D eigenvalue weighted by Gasteiger charge is -2.31. The maximum atomic E-state index is 12.9. The van der Waals surface area contributed by atoms with Crippen molar-refractivity contribution in [2.75, 3.05) is 29.9 Å². The second kappa shape index (κ2) is 7.76. The Labute approximate surface area is 164 Å². The molecule has 2 aliphatic rings. The molecule has 3 N–H and O–H groups in total. The third-order valence-electron chi connectivity index (χ3n) is 5.15. The second-order valence-electron chi connectivity index (χ2n) is 7.09. The van der Waals surface area contributed by atoms with E-state index in [1.807, 2.05) is 36.4 Å². The lowest BCUT2D eigenvalue weighted by molar-refractivity contribution is -0.113. The molecule has 0 saturated carbocycles. The number of ether oxygens (including phenoxy) is 1. The van der Waals surface area contributed by atoms with Crippen molar-refractivity contribution in [2.45, 2.75) is 19.3 Å². The minimum Gasteiger partial charge on any atom is -0.488 e. The number of amides is 2. The number of fused-ring (bicyclic) bond motifs is 1. The molecule has 2 aromatic carbocycles. The van der Waals surface area contributed by atoms with Crippen molar-refractivity contribution in [3.05, 3.63) is 59.2 Å². The van der Waals surface area contributed by atoms with Crippen molar-refractivity contribution < 1.29 is 14.3 Å². The number of carbonyl (C=O) groups excluding carboxylic acids is 2. The smallest absolute Gasteiger partial charge is 0.255 e. The highest BCUT2D eigenvalue weighted by Gasteiger charge is 2.21. The minimum absolute atomic E-state index is 0.206. The molecule has 2 aromatic rings. The van der Waals surface area contributed by atoms with Gasteiger partial charge in [-0.3, -0.25) is 9.59 Å². The van der Waals surface area contributed by atoms with Crippen LogP contribution in [0.25, 0.3) is 6.08 Å². The van der Waals surface area contributed by atoms with E-state index in [1.54, 1.807) is 12.1 Å². The average Bonchev–Trinajstić information content (AvgIpc) is 2.74. The molecule has 0 atom stereocenters. The number of benzene rings is 2. The molecule has 0 bridgehead atoms. The first-order valence-corrected chi connectivity index (χ1v) is 9.54. The Morgan fingerprint density at radius 1 is 1.04 bits per heavy atom. The highest BCUT2D eigenvalue weighted by molar-refractivity contribution is 6.09. The van der Waals surface area contributed by atoms with Crippen LogP contribution in [-0.2, 0) is 4.79 Å². The van der Waals surface area contributed by atoms with E-state index in [4.69, 9.17) is 10.5 Å². The van der Waals surface area contributed by atoms with Gasteiger partial charge in [-0.15, -0.1) is 0 Å². The van der Waals surface area contributed by atoms with E-state index >= 15 is 0 Å². The average molecular weight is 377 g/mol. The van der Waals surface area contributed by atoms with E-state index in [0.29, 0.717) is 16.8 Å². The van der Waals surface area contributed by atoms with Gasteiger partial charge in [-0.1, -0.05) is 18.2 Å². The second-order valence-corrected chi connectivity index (χ2v) is 7.09. The van der Waals surface area contributed by atoms with Crippen LogP contribution in [0.3, 0.4) is 0 Å². The van der Waals surface area contributed by atoms with Crippen LogP contribution in [0.4, 0.5) is 11.4 Å². The normalized spacial score (nSPS) is 15.9. The van der Waals surface area contributed by atoms with Crippen molar-refractivity contribution in [2.24, 2.45) is 5.73 Å². The first-order valence-electron chi connectivity index (χ1n) is 9.54. The van der Waals surface area contributed by atoms with Gasteiger partial charge in [-0.25, -0.2) is 0 Å². The number of carbonyl (C=O) groups is 2. The van der Waals surface area contributed by atoms with Crippen molar-refractivity contribution >= 4 is 29.3 Å². The summed E-state index contributed by atoms with van der Waals surface area (Å²) in [6.07, 6.45) is 5.27. The maximum absolute atomic E-state index is 12.9. The molecule has 1 saturated heterocycles. The Bertz CT molecular complexity index is 946. The molecule has 4 rings (SSSR count). The fraction of sp³-hybridized carbons (Fsp3) is 0.273. The van der Waals surface area contributed by atoms with E-state index in [2.05, 4.69) is 10.2 Å². The highest BCUT2D eigenvalue weighted by Crippen LogP contribution is 2.31. The van der Waals surface area contributed by atoms with Gasteiger partial charge in [0.25, 0.3) is 5.91 Å². The van der Waals surface area contributed by atoms with Crippen LogP contribution in [0.1, 0.15) is 35.2 Å². The van der Waals surface area contributed by atoms with E-state index in [0.717, 1.165) is 42.9 Å². The topological polar surface area (TPSA) is 84.7 Å². The lowest BCUT2D eigenvalue weighted by Crippen LogP contribution is -2.31. The van der Waals surface area contributed by atoms with Crippen LogP contribution in [0.5, 0.6) is 5.75 Å². The SMILES string of the molecule is NC(=O)c1ccc(N2CCCCC2)c(NC(=O)C2=Cc3ccccc3OC2)c1. The van der Waals surface area contributed by atoms with Gasteiger partial charge >= 0.3 is 0 Å². The fourth-order valence-electron chi connectivity index (χ4n) is 3.65. The molecule has 0 spiro atoms. The molecule has 2 heterocycles. The van der Waals surface area contributed by atoms with Crippen LogP contribution in [0.15, 0.2) is 48.0 Å². The fourth-order valence-corrected chi connectivity index (χ4v) is 3.65. The molecule has 6 nitrogen and oxygen atoms in total. The summed E-state index contributed by atoms with van der Waals surface area (Å²) in [5.74, 6) is 0.00741. The Morgan fingerprint density at radius 3 is 2.61 bits per heavy atom. The molecular weight excluding hydrogens is 354 g/mol. The van der Waals surface area contributed by atoms with Crippen molar-refractivity contribution in [3.63, 3.8) is 0 Å². The largest absolute Gasteiger partial charge is 0.488 e. The van der Waals surface area contributed by atoms with Gasteiger partial charge in [0.15, 0.2) is 0 Å². The number of rotatable bonds is 4. The number of nitrogens with two attached hydrogens (primary N) is 1. The zero-order chi connectivity index (χ0) is 19.5. The van der Waals surface area contributed by atoms with Crippen LogP contribution in [-0.4, -0.2) is 31.5 Å². The molecule has 1 fully saturated rings. The van der Waals surface area contributed by atoms with E-state index in [9.17, 15) is 9.59 Å². The van der Waals surface area contributed by atoms with Crippen molar-refractivity contribution in [1.82, 2.24) is 0 Å². The summed E-state index contributed by atoms with van der Waals surface area (Å²) >= 11 is 0. The first-order chi connectivity index (χ1) is 13.6.